The van der Waals surface area contributed by atoms with Crippen LogP contribution in [0.5, 0.6) is 0 Å². The zero-order chi connectivity index (χ0) is 33.3. The summed E-state index contributed by atoms with van der Waals surface area (Å²) in [4.78, 5) is 14.8. The molecule has 0 radical (unpaired) electrons. The molecule has 49 heavy (non-hydrogen) atoms. The van der Waals surface area contributed by atoms with Crippen LogP contribution in [0, 0.1) is 0 Å². The summed E-state index contributed by atoms with van der Waals surface area (Å²) in [6.07, 6.45) is 0. The molecule has 0 saturated heterocycles. The van der Waals surface area contributed by atoms with Gasteiger partial charge in [-0.3, -0.25) is 0 Å². The van der Waals surface area contributed by atoms with Crippen LogP contribution in [-0.2, 0) is 10.8 Å². The summed E-state index contributed by atoms with van der Waals surface area (Å²) in [5.41, 5.74) is 10.8. The maximum absolute atomic E-state index is 4.97. The molecule has 236 valence electrons. The third-order valence-electron chi connectivity index (χ3n) is 10.9. The van der Waals surface area contributed by atoms with E-state index in [0.717, 1.165) is 22.3 Å². The molecule has 0 amide bonds. The van der Waals surface area contributed by atoms with Gasteiger partial charge in [0.1, 0.15) is 0 Å². The van der Waals surface area contributed by atoms with Gasteiger partial charge >= 0.3 is 0 Å². The Morgan fingerprint density at radius 3 is 1.65 bits per heavy atom. The molecule has 8 aromatic rings. The topological polar surface area (TPSA) is 38.7 Å². The average molecular weight is 650 g/mol. The van der Waals surface area contributed by atoms with E-state index in [1.54, 1.807) is 0 Å². The van der Waals surface area contributed by atoms with Crippen LogP contribution < -0.4 is 0 Å². The molecule has 0 spiro atoms. The highest BCUT2D eigenvalue weighted by atomic mass is 32.1. The minimum Gasteiger partial charge on any atom is -0.208 e. The number of hydrogen-bond donors (Lipinski definition) is 0. The predicted octanol–water partition coefficient (Wildman–Crippen LogP) is 12.1. The van der Waals surface area contributed by atoms with Gasteiger partial charge in [0.15, 0.2) is 17.5 Å². The van der Waals surface area contributed by atoms with Crippen molar-refractivity contribution in [2.45, 2.75) is 38.5 Å². The van der Waals surface area contributed by atoms with Crippen molar-refractivity contribution in [3.8, 4) is 56.4 Å². The summed E-state index contributed by atoms with van der Waals surface area (Å²) < 4.78 is 2.67. The first-order valence-electron chi connectivity index (χ1n) is 16.9. The van der Waals surface area contributed by atoms with Gasteiger partial charge in [0.05, 0.1) is 0 Å². The number of aromatic nitrogens is 3. The second-order valence-electron chi connectivity index (χ2n) is 14.1. The van der Waals surface area contributed by atoms with Gasteiger partial charge in [-0.15, -0.1) is 11.3 Å². The first-order chi connectivity index (χ1) is 23.8. The van der Waals surface area contributed by atoms with E-state index in [1.807, 2.05) is 72.0 Å². The summed E-state index contributed by atoms with van der Waals surface area (Å²) in [6.45, 7) is 9.60. The molecule has 4 heteroatoms. The monoisotopic (exact) mass is 649 g/mol. The zero-order valence-electron chi connectivity index (χ0n) is 28.0. The van der Waals surface area contributed by atoms with Crippen LogP contribution in [0.1, 0.15) is 38.8 Å². The molecule has 0 fully saturated rings. The van der Waals surface area contributed by atoms with E-state index in [0.29, 0.717) is 17.5 Å². The Morgan fingerprint density at radius 1 is 0.429 bits per heavy atom. The molecule has 3 nitrogen and oxygen atoms in total. The van der Waals surface area contributed by atoms with Gasteiger partial charge < -0.3 is 0 Å². The molecule has 9 rings (SSSR count). The largest absolute Gasteiger partial charge is 0.208 e. The molecule has 0 N–H and O–H groups in total. The maximum atomic E-state index is 4.97. The average Bonchev–Trinajstić information content (AvgIpc) is 3.53. The minimum atomic E-state index is -0.0115. The van der Waals surface area contributed by atoms with Crippen molar-refractivity contribution in [1.82, 2.24) is 15.0 Å². The summed E-state index contributed by atoms with van der Waals surface area (Å²) in [6, 6.07) is 49.5. The van der Waals surface area contributed by atoms with Gasteiger partial charge in [-0.25, -0.2) is 15.0 Å². The Bertz CT molecular complexity index is 2490. The normalized spacial score (nSPS) is 14.4. The van der Waals surface area contributed by atoms with Crippen molar-refractivity contribution in [2.75, 3.05) is 0 Å². The van der Waals surface area contributed by atoms with Crippen molar-refractivity contribution in [2.24, 2.45) is 0 Å². The molecule has 0 bridgehead atoms. The second-order valence-corrected chi connectivity index (χ2v) is 15.1. The highest BCUT2D eigenvalue weighted by molar-refractivity contribution is 7.26. The Labute approximate surface area is 291 Å². The number of benzene rings is 6. The number of thiophene rings is 1. The lowest BCUT2D eigenvalue weighted by Crippen LogP contribution is -2.43. The summed E-state index contributed by atoms with van der Waals surface area (Å²) in [5.74, 6) is 1.99. The van der Waals surface area contributed by atoms with Crippen LogP contribution >= 0.6 is 11.3 Å². The van der Waals surface area contributed by atoms with Crippen LogP contribution in [0.3, 0.4) is 0 Å². The third-order valence-corrected chi connectivity index (χ3v) is 12.1. The smallest absolute Gasteiger partial charge is 0.164 e. The summed E-state index contributed by atoms with van der Waals surface area (Å²) >= 11 is 1.92. The highest BCUT2D eigenvalue weighted by Crippen LogP contribution is 2.56. The van der Waals surface area contributed by atoms with E-state index in [9.17, 15) is 0 Å². The SMILES string of the molecule is CC1(C)c2ccccc2-c2c(ccc3c2sc2cc(-c4cccc(-c5nc(-c6ccccc6)nc(-c6ccccc6)n5)c4)ccc23)C1(C)C. The van der Waals surface area contributed by atoms with E-state index in [4.69, 9.17) is 15.0 Å². The lowest BCUT2D eigenvalue weighted by atomic mass is 9.55. The minimum absolute atomic E-state index is 0.0115. The second kappa shape index (κ2) is 11.0. The highest BCUT2D eigenvalue weighted by Gasteiger charge is 2.46. The maximum Gasteiger partial charge on any atom is 0.164 e. The third kappa shape index (κ3) is 4.66. The molecular formula is C45H35N3S. The quantitative estimate of drug-likeness (QED) is 0.190. The molecule has 1 aliphatic carbocycles. The predicted molar refractivity (Wildman–Crippen MR) is 206 cm³/mol. The number of fused-ring (bicyclic) bond motifs is 7. The first-order valence-corrected chi connectivity index (χ1v) is 17.7. The van der Waals surface area contributed by atoms with Crippen molar-refractivity contribution in [3.05, 3.63) is 151 Å². The number of nitrogens with zero attached hydrogens (tertiary/aromatic N) is 3. The Hall–Kier alpha value is -5.45. The summed E-state index contributed by atoms with van der Waals surface area (Å²) in [7, 11) is 0. The molecule has 6 aromatic carbocycles. The molecule has 0 aliphatic heterocycles. The fourth-order valence-corrected chi connectivity index (χ4v) is 8.81. The van der Waals surface area contributed by atoms with Crippen LogP contribution in [0.15, 0.2) is 140 Å². The van der Waals surface area contributed by atoms with Crippen molar-refractivity contribution >= 4 is 31.5 Å². The molecule has 0 atom stereocenters. The van der Waals surface area contributed by atoms with Crippen molar-refractivity contribution < 1.29 is 0 Å². The van der Waals surface area contributed by atoms with Crippen molar-refractivity contribution in [1.29, 1.82) is 0 Å². The van der Waals surface area contributed by atoms with Gasteiger partial charge in [0, 0.05) is 42.4 Å². The number of hydrogen-bond acceptors (Lipinski definition) is 4. The van der Waals surface area contributed by atoms with Crippen LogP contribution in [0.2, 0.25) is 0 Å². The Kier molecular flexibility index (Phi) is 6.69. The molecule has 2 aromatic heterocycles. The van der Waals surface area contributed by atoms with Gasteiger partial charge in [0.25, 0.3) is 0 Å². The standard InChI is InChI=1S/C45H35N3S/c1-44(2)36-21-12-11-20-35(36)39-37(45(44,3)4)25-24-34-33-23-22-31(27-38(33)49-40(34)39)30-18-13-19-32(26-30)43-47-41(28-14-7-5-8-15-28)46-42(48-43)29-16-9-6-10-17-29/h5-27H,1-4H3. The van der Waals surface area contributed by atoms with Crippen LogP contribution in [0.4, 0.5) is 0 Å². The van der Waals surface area contributed by atoms with E-state index >= 15 is 0 Å². The molecular weight excluding hydrogens is 615 g/mol. The molecule has 0 unspecified atom stereocenters. The van der Waals surface area contributed by atoms with E-state index < -0.39 is 0 Å². The van der Waals surface area contributed by atoms with E-state index in [2.05, 4.69) is 107 Å². The van der Waals surface area contributed by atoms with Crippen LogP contribution in [-0.4, -0.2) is 15.0 Å². The fourth-order valence-electron chi connectivity index (χ4n) is 7.50. The summed E-state index contributed by atoms with van der Waals surface area (Å²) in [5, 5.41) is 2.64. The Morgan fingerprint density at radius 2 is 0.959 bits per heavy atom. The van der Waals surface area contributed by atoms with Gasteiger partial charge in [-0.05, 0) is 50.8 Å². The van der Waals surface area contributed by atoms with Gasteiger partial charge in [-0.1, -0.05) is 155 Å². The molecule has 0 saturated carbocycles. The molecule has 2 heterocycles. The van der Waals surface area contributed by atoms with Gasteiger partial charge in [0.2, 0.25) is 0 Å². The lowest BCUT2D eigenvalue weighted by Gasteiger charge is -2.48. The fraction of sp³-hybridized carbons (Fsp3) is 0.133. The Balaban J connectivity index is 1.17. The van der Waals surface area contributed by atoms with Crippen molar-refractivity contribution in [3.63, 3.8) is 0 Å². The number of rotatable bonds is 4. The lowest BCUT2D eigenvalue weighted by molar-refractivity contribution is 0.299. The molecule has 1 aliphatic rings. The van der Waals surface area contributed by atoms with E-state index in [1.165, 1.54) is 48.0 Å². The van der Waals surface area contributed by atoms with E-state index in [-0.39, 0.29) is 10.8 Å². The van der Waals surface area contributed by atoms with Gasteiger partial charge in [-0.2, -0.15) is 0 Å². The first kappa shape index (κ1) is 29.7. The zero-order valence-corrected chi connectivity index (χ0v) is 28.8. The van der Waals surface area contributed by atoms with Crippen LogP contribution in [0.25, 0.3) is 76.6 Å².